The summed E-state index contributed by atoms with van der Waals surface area (Å²) in [5, 5.41) is 7.85. The Morgan fingerprint density at radius 1 is 0.333 bits per heavy atom. The van der Waals surface area contributed by atoms with E-state index in [0.29, 0.717) is 17.5 Å². The van der Waals surface area contributed by atoms with Crippen LogP contribution in [0.25, 0.3) is 113 Å². The third-order valence-electron chi connectivity index (χ3n) is 11.0. The van der Waals surface area contributed by atoms with Gasteiger partial charge in [0.25, 0.3) is 0 Å². The van der Waals surface area contributed by atoms with Crippen molar-refractivity contribution in [2.75, 3.05) is 0 Å². The number of hydrogen-bond acceptors (Lipinski definition) is 5. The Morgan fingerprint density at radius 2 is 0.895 bits per heavy atom. The van der Waals surface area contributed by atoms with Gasteiger partial charge in [0.2, 0.25) is 0 Å². The summed E-state index contributed by atoms with van der Waals surface area (Å²) in [5.41, 5.74) is 8.64. The molecule has 12 aromatic rings. The quantitative estimate of drug-likeness (QED) is 0.175. The first-order valence-electron chi connectivity index (χ1n) is 19.0. The zero-order valence-corrected chi connectivity index (χ0v) is 32.1. The Bertz CT molecular complexity index is 3450. The summed E-state index contributed by atoms with van der Waals surface area (Å²) in [6.07, 6.45) is 0. The largest absolute Gasteiger partial charge is 0.309 e. The van der Waals surface area contributed by atoms with Gasteiger partial charge in [0.05, 0.1) is 11.0 Å². The van der Waals surface area contributed by atoms with Crippen LogP contribution in [0.4, 0.5) is 0 Å². The summed E-state index contributed by atoms with van der Waals surface area (Å²) in [4.78, 5) is 15.0. The van der Waals surface area contributed by atoms with Crippen LogP contribution < -0.4 is 0 Å². The van der Waals surface area contributed by atoms with Gasteiger partial charge in [-0.1, -0.05) is 133 Å². The third-order valence-corrected chi connectivity index (χ3v) is 13.4. The lowest BCUT2D eigenvalue weighted by Crippen LogP contribution is -2.00. The van der Waals surface area contributed by atoms with E-state index in [1.807, 2.05) is 83.3 Å². The highest BCUT2D eigenvalue weighted by Gasteiger charge is 2.21. The van der Waals surface area contributed by atoms with E-state index < -0.39 is 0 Å². The molecular formula is C51H30N4S2. The molecule has 12 rings (SSSR count). The van der Waals surface area contributed by atoms with Gasteiger partial charge in [-0.3, -0.25) is 0 Å². The molecule has 0 spiro atoms. The molecule has 0 aliphatic rings. The predicted octanol–water partition coefficient (Wildman–Crippen LogP) is 14.4. The van der Waals surface area contributed by atoms with E-state index in [0.717, 1.165) is 33.5 Å². The SMILES string of the molecule is c1ccc(-c2nc(-c3ccccc3)nc(-c3cccc(-c4ccc5c(c4)c4c6sc7c(ccc8sc9ccccc9c87)c6ccc4n5-c4ccccc4)c3)n2)cc1. The van der Waals surface area contributed by atoms with Crippen molar-refractivity contribution >= 4 is 84.8 Å². The lowest BCUT2D eigenvalue weighted by atomic mass is 10.00. The van der Waals surface area contributed by atoms with Gasteiger partial charge in [-0.25, -0.2) is 15.0 Å². The Hall–Kier alpha value is -6.99. The molecule has 0 fully saturated rings. The van der Waals surface area contributed by atoms with E-state index in [2.05, 4.69) is 126 Å². The molecule has 4 heterocycles. The molecule has 57 heavy (non-hydrogen) atoms. The van der Waals surface area contributed by atoms with Crippen LogP contribution in [-0.4, -0.2) is 19.5 Å². The maximum Gasteiger partial charge on any atom is 0.164 e. The number of aromatic nitrogens is 4. The molecule has 0 unspecified atom stereocenters. The predicted molar refractivity (Wildman–Crippen MR) is 242 cm³/mol. The second-order valence-electron chi connectivity index (χ2n) is 14.4. The van der Waals surface area contributed by atoms with Crippen LogP contribution in [-0.2, 0) is 0 Å². The first-order valence-corrected chi connectivity index (χ1v) is 20.7. The zero-order chi connectivity index (χ0) is 37.5. The minimum Gasteiger partial charge on any atom is -0.309 e. The van der Waals surface area contributed by atoms with Gasteiger partial charge in [-0.05, 0) is 59.7 Å². The minimum absolute atomic E-state index is 0.644. The number of nitrogens with zero attached hydrogens (tertiary/aromatic N) is 4. The molecule has 4 nitrogen and oxygen atoms in total. The Labute approximate surface area is 335 Å². The molecular weight excluding hydrogens is 733 g/mol. The molecule has 266 valence electrons. The van der Waals surface area contributed by atoms with Crippen molar-refractivity contribution in [2.45, 2.75) is 0 Å². The fraction of sp³-hybridized carbons (Fsp3) is 0. The number of rotatable bonds is 5. The molecule has 6 heteroatoms. The molecule has 0 saturated carbocycles. The van der Waals surface area contributed by atoms with E-state index in [1.54, 1.807) is 0 Å². The Morgan fingerprint density at radius 3 is 1.63 bits per heavy atom. The van der Waals surface area contributed by atoms with Crippen LogP contribution >= 0.6 is 22.7 Å². The average Bonchev–Trinajstić information content (AvgIpc) is 3.96. The van der Waals surface area contributed by atoms with E-state index in [1.165, 1.54) is 62.2 Å². The van der Waals surface area contributed by atoms with Crippen LogP contribution in [0, 0.1) is 0 Å². The van der Waals surface area contributed by atoms with Gasteiger partial charge >= 0.3 is 0 Å². The van der Waals surface area contributed by atoms with Gasteiger partial charge in [0.1, 0.15) is 0 Å². The van der Waals surface area contributed by atoms with Crippen molar-refractivity contribution in [1.29, 1.82) is 0 Å². The van der Waals surface area contributed by atoms with Crippen LogP contribution in [0.3, 0.4) is 0 Å². The van der Waals surface area contributed by atoms with Gasteiger partial charge in [0, 0.05) is 73.5 Å². The van der Waals surface area contributed by atoms with Crippen molar-refractivity contribution in [3.05, 3.63) is 182 Å². The average molecular weight is 763 g/mol. The van der Waals surface area contributed by atoms with Gasteiger partial charge in [0.15, 0.2) is 17.5 Å². The van der Waals surface area contributed by atoms with E-state index >= 15 is 0 Å². The second kappa shape index (κ2) is 12.8. The standard InChI is InChI=1S/C51H30N4S2/c1-4-13-31(14-5-1)49-52-50(32-15-6-2-7-16-32)54-51(53-49)35-18-12-17-33(29-35)34-23-26-41-40(30-34)45-42(55(41)36-19-8-3-9-20-36)27-24-37-38-25-28-44-46(48(38)57-47(37)45)39-21-10-11-22-43(39)56-44/h1-30H. The summed E-state index contributed by atoms with van der Waals surface area (Å²) in [7, 11) is 0. The van der Waals surface area contributed by atoms with Crippen LogP contribution in [0.2, 0.25) is 0 Å². The molecule has 0 saturated heterocycles. The lowest BCUT2D eigenvalue weighted by Gasteiger charge is -2.10. The van der Waals surface area contributed by atoms with Crippen molar-refractivity contribution in [3.8, 4) is 51.0 Å². The number of para-hydroxylation sites is 1. The molecule has 0 amide bonds. The second-order valence-corrected chi connectivity index (χ2v) is 16.5. The summed E-state index contributed by atoms with van der Waals surface area (Å²) >= 11 is 3.82. The van der Waals surface area contributed by atoms with Crippen LogP contribution in [0.15, 0.2) is 182 Å². The minimum atomic E-state index is 0.644. The fourth-order valence-corrected chi connectivity index (χ4v) is 11.0. The molecule has 0 atom stereocenters. The van der Waals surface area contributed by atoms with Crippen molar-refractivity contribution in [2.24, 2.45) is 0 Å². The molecule has 8 aromatic carbocycles. The van der Waals surface area contributed by atoms with Crippen molar-refractivity contribution in [3.63, 3.8) is 0 Å². The molecule has 0 aliphatic heterocycles. The highest BCUT2D eigenvalue weighted by atomic mass is 32.1. The lowest BCUT2D eigenvalue weighted by molar-refractivity contribution is 1.07. The monoisotopic (exact) mass is 762 g/mol. The third kappa shape index (κ3) is 5.15. The van der Waals surface area contributed by atoms with Gasteiger partial charge in [-0.2, -0.15) is 0 Å². The van der Waals surface area contributed by atoms with Gasteiger partial charge < -0.3 is 4.57 Å². The molecule has 4 aromatic heterocycles. The Balaban J connectivity index is 1.08. The zero-order valence-electron chi connectivity index (χ0n) is 30.4. The summed E-state index contributed by atoms with van der Waals surface area (Å²) in [6, 6.07) is 64.7. The highest BCUT2D eigenvalue weighted by Crippen LogP contribution is 2.48. The van der Waals surface area contributed by atoms with E-state index in [-0.39, 0.29) is 0 Å². The van der Waals surface area contributed by atoms with Crippen molar-refractivity contribution < 1.29 is 0 Å². The van der Waals surface area contributed by atoms with E-state index in [9.17, 15) is 0 Å². The van der Waals surface area contributed by atoms with Gasteiger partial charge in [-0.15, -0.1) is 22.7 Å². The smallest absolute Gasteiger partial charge is 0.164 e. The molecule has 0 N–H and O–H groups in total. The van der Waals surface area contributed by atoms with Crippen LogP contribution in [0.1, 0.15) is 0 Å². The summed E-state index contributed by atoms with van der Waals surface area (Å²) in [5.74, 6) is 1.95. The molecule has 0 bridgehead atoms. The number of thiophene rings is 2. The van der Waals surface area contributed by atoms with Crippen LogP contribution in [0.5, 0.6) is 0 Å². The fourth-order valence-electron chi connectivity index (χ4n) is 8.41. The maximum absolute atomic E-state index is 5.03. The first kappa shape index (κ1) is 32.3. The molecule has 0 aliphatic carbocycles. The summed E-state index contributed by atoms with van der Waals surface area (Å²) in [6.45, 7) is 0. The van der Waals surface area contributed by atoms with E-state index in [4.69, 9.17) is 15.0 Å². The van der Waals surface area contributed by atoms with Crippen molar-refractivity contribution in [1.82, 2.24) is 19.5 Å². The highest BCUT2D eigenvalue weighted by molar-refractivity contribution is 7.30. The number of benzene rings is 8. The number of hydrogen-bond donors (Lipinski definition) is 0. The summed E-state index contributed by atoms with van der Waals surface area (Å²) < 4.78 is 7.78. The topological polar surface area (TPSA) is 43.6 Å². The molecule has 0 radical (unpaired) electrons. The maximum atomic E-state index is 5.03. The first-order chi connectivity index (χ1) is 28.2. The normalized spacial score (nSPS) is 11.9. The Kier molecular flexibility index (Phi) is 7.24. The number of fused-ring (bicyclic) bond motifs is 11.